The molecule has 0 unspecified atom stereocenters. The van der Waals surface area contributed by atoms with E-state index in [9.17, 15) is 13.2 Å². The first-order valence-corrected chi connectivity index (χ1v) is 11.7. The number of hydrogen-bond donors (Lipinski definition) is 1. The molecule has 1 amide bonds. The minimum Gasteiger partial charge on any atom is -0.358 e. The number of H-pyrrole nitrogens is 1. The number of carbonyl (C=O) groups is 1. The Labute approximate surface area is 166 Å². The Morgan fingerprint density at radius 2 is 1.93 bits per heavy atom. The summed E-state index contributed by atoms with van der Waals surface area (Å²) in [6.45, 7) is 3.51. The van der Waals surface area contributed by atoms with Crippen LogP contribution >= 0.6 is 0 Å². The van der Waals surface area contributed by atoms with Crippen molar-refractivity contribution in [2.45, 2.75) is 50.3 Å². The van der Waals surface area contributed by atoms with Crippen LogP contribution in [0.5, 0.6) is 0 Å². The van der Waals surface area contributed by atoms with E-state index < -0.39 is 10.0 Å². The molecule has 0 radical (unpaired) electrons. The lowest BCUT2D eigenvalue weighted by molar-refractivity contribution is -0.132. The van der Waals surface area contributed by atoms with E-state index in [4.69, 9.17) is 0 Å². The van der Waals surface area contributed by atoms with Crippen LogP contribution < -0.4 is 0 Å². The van der Waals surface area contributed by atoms with E-state index in [1.165, 1.54) is 29.0 Å². The highest BCUT2D eigenvalue weighted by atomic mass is 32.2. The summed E-state index contributed by atoms with van der Waals surface area (Å²) in [6, 6.07) is 5.26. The zero-order valence-corrected chi connectivity index (χ0v) is 17.5. The fraction of sp³-hybridized carbons (Fsp3) is 0.571. The summed E-state index contributed by atoms with van der Waals surface area (Å²) in [6.07, 6.45) is 6.29. The molecule has 1 N–H and O–H groups in total. The molecular formula is C21H29N3O3S. The quantitative estimate of drug-likeness (QED) is 0.853. The van der Waals surface area contributed by atoms with Gasteiger partial charge in [-0.15, -0.1) is 0 Å². The molecule has 1 aromatic carbocycles. The number of rotatable bonds is 4. The molecule has 2 heterocycles. The maximum Gasteiger partial charge on any atom is 0.243 e. The molecule has 1 aliphatic heterocycles. The fourth-order valence-electron chi connectivity index (χ4n) is 4.36. The van der Waals surface area contributed by atoms with Gasteiger partial charge in [-0.3, -0.25) is 4.79 Å². The molecule has 7 heteroatoms. The van der Waals surface area contributed by atoms with Crippen LogP contribution in [0, 0.1) is 5.92 Å². The van der Waals surface area contributed by atoms with E-state index in [0.717, 1.165) is 56.1 Å². The predicted octanol–water partition coefficient (Wildman–Crippen LogP) is 2.93. The summed E-state index contributed by atoms with van der Waals surface area (Å²) >= 11 is 0. The van der Waals surface area contributed by atoms with Crippen molar-refractivity contribution in [1.82, 2.24) is 14.2 Å². The van der Waals surface area contributed by atoms with Crippen LogP contribution in [-0.4, -0.2) is 55.2 Å². The van der Waals surface area contributed by atoms with Crippen LogP contribution in [0.4, 0.5) is 0 Å². The molecule has 28 heavy (non-hydrogen) atoms. The van der Waals surface area contributed by atoms with Crippen molar-refractivity contribution < 1.29 is 13.2 Å². The Kier molecular flexibility index (Phi) is 5.22. The highest BCUT2D eigenvalue weighted by molar-refractivity contribution is 7.89. The summed E-state index contributed by atoms with van der Waals surface area (Å²) in [5, 5.41) is 1.00. The van der Waals surface area contributed by atoms with Gasteiger partial charge in [-0.2, -0.15) is 4.31 Å². The number of piperidine rings is 1. The minimum absolute atomic E-state index is 0.111. The number of amides is 1. The number of aryl methyl sites for hydroxylation is 2. The van der Waals surface area contributed by atoms with Crippen molar-refractivity contribution in [3.63, 3.8) is 0 Å². The monoisotopic (exact) mass is 403 g/mol. The SMILES string of the molecule is CC1CCN(C(=O)CN(C)S(=O)(=O)c2ccc3[nH]c4c(c3c2)CCCC4)CC1. The third kappa shape index (κ3) is 3.57. The molecule has 4 rings (SSSR count). The van der Waals surface area contributed by atoms with Gasteiger partial charge in [0.1, 0.15) is 0 Å². The summed E-state index contributed by atoms with van der Waals surface area (Å²) in [7, 11) is -2.21. The van der Waals surface area contributed by atoms with Gasteiger partial charge in [0.2, 0.25) is 15.9 Å². The lowest BCUT2D eigenvalue weighted by atomic mass is 9.96. The standard InChI is InChI=1S/C21H29N3O3S/c1-15-9-11-24(12-10-15)21(25)14-23(2)28(26,27)16-7-8-20-18(13-16)17-5-3-4-6-19(17)22-20/h7-8,13,15,22H,3-6,9-12,14H2,1-2H3. The third-order valence-electron chi connectivity index (χ3n) is 6.27. The molecule has 2 aliphatic rings. The van der Waals surface area contributed by atoms with Crippen molar-refractivity contribution in [2.75, 3.05) is 26.7 Å². The third-order valence-corrected chi connectivity index (χ3v) is 8.07. The fourth-order valence-corrected chi connectivity index (χ4v) is 5.51. The average Bonchev–Trinajstić information content (AvgIpc) is 3.06. The Morgan fingerprint density at radius 1 is 1.21 bits per heavy atom. The topological polar surface area (TPSA) is 73.5 Å². The maximum absolute atomic E-state index is 13.1. The molecule has 2 aromatic rings. The second-order valence-corrected chi connectivity index (χ2v) is 10.4. The molecule has 0 saturated carbocycles. The van der Waals surface area contributed by atoms with Gasteiger partial charge in [0.15, 0.2) is 0 Å². The van der Waals surface area contributed by atoms with Gasteiger partial charge in [0, 0.05) is 36.7 Å². The van der Waals surface area contributed by atoms with E-state index in [0.29, 0.717) is 5.92 Å². The van der Waals surface area contributed by atoms with E-state index in [2.05, 4.69) is 11.9 Å². The van der Waals surface area contributed by atoms with Crippen molar-refractivity contribution in [2.24, 2.45) is 5.92 Å². The Hall–Kier alpha value is -1.86. The van der Waals surface area contributed by atoms with Crippen molar-refractivity contribution in [3.05, 3.63) is 29.5 Å². The lowest BCUT2D eigenvalue weighted by Crippen LogP contribution is -2.44. The first kappa shape index (κ1) is 19.5. The molecule has 1 saturated heterocycles. The number of sulfonamides is 1. The van der Waals surface area contributed by atoms with Crippen LogP contribution in [-0.2, 0) is 27.7 Å². The maximum atomic E-state index is 13.1. The van der Waals surface area contributed by atoms with Crippen LogP contribution in [0.3, 0.4) is 0 Å². The highest BCUT2D eigenvalue weighted by Gasteiger charge is 2.28. The van der Waals surface area contributed by atoms with Gasteiger partial charge < -0.3 is 9.88 Å². The number of aromatic amines is 1. The first-order chi connectivity index (χ1) is 13.4. The van der Waals surface area contributed by atoms with Crippen molar-refractivity contribution in [1.29, 1.82) is 0 Å². The Morgan fingerprint density at radius 3 is 2.68 bits per heavy atom. The van der Waals surface area contributed by atoms with Gasteiger partial charge in [-0.25, -0.2) is 8.42 Å². The number of aromatic nitrogens is 1. The molecule has 0 atom stereocenters. The molecule has 152 valence electrons. The number of likely N-dealkylation sites (N-methyl/N-ethyl adjacent to an activating group) is 1. The van der Waals surface area contributed by atoms with Gasteiger partial charge in [-0.05, 0) is 68.2 Å². The Balaban J connectivity index is 1.54. The number of fused-ring (bicyclic) bond motifs is 3. The van der Waals surface area contributed by atoms with Crippen LogP contribution in [0.2, 0.25) is 0 Å². The zero-order chi connectivity index (χ0) is 19.9. The summed E-state index contributed by atoms with van der Waals surface area (Å²) in [4.78, 5) is 18.1. The number of carbonyl (C=O) groups excluding carboxylic acids is 1. The normalized spacial score (nSPS) is 18.6. The molecule has 0 bridgehead atoms. The molecule has 1 aromatic heterocycles. The molecule has 1 fully saturated rings. The minimum atomic E-state index is -3.71. The van der Waals surface area contributed by atoms with Gasteiger partial charge in [0.05, 0.1) is 11.4 Å². The van der Waals surface area contributed by atoms with Gasteiger partial charge >= 0.3 is 0 Å². The second kappa shape index (κ2) is 7.52. The van der Waals surface area contributed by atoms with Gasteiger partial charge in [0.25, 0.3) is 0 Å². The summed E-state index contributed by atoms with van der Waals surface area (Å²) in [5.41, 5.74) is 3.48. The van der Waals surface area contributed by atoms with E-state index in [1.807, 2.05) is 6.07 Å². The lowest BCUT2D eigenvalue weighted by Gasteiger charge is -2.31. The van der Waals surface area contributed by atoms with Crippen LogP contribution in [0.1, 0.15) is 43.9 Å². The summed E-state index contributed by atoms with van der Waals surface area (Å²) in [5.74, 6) is 0.516. The van der Waals surface area contributed by atoms with Gasteiger partial charge in [-0.1, -0.05) is 6.92 Å². The smallest absolute Gasteiger partial charge is 0.243 e. The molecule has 1 aliphatic carbocycles. The van der Waals surface area contributed by atoms with Crippen LogP contribution in [0.25, 0.3) is 10.9 Å². The molecular weight excluding hydrogens is 374 g/mol. The van der Waals surface area contributed by atoms with Crippen molar-refractivity contribution >= 4 is 26.8 Å². The van der Waals surface area contributed by atoms with E-state index in [-0.39, 0.29) is 17.3 Å². The number of nitrogens with one attached hydrogen (secondary N) is 1. The molecule has 6 nitrogen and oxygen atoms in total. The highest BCUT2D eigenvalue weighted by Crippen LogP contribution is 2.31. The average molecular weight is 404 g/mol. The van der Waals surface area contributed by atoms with Crippen LogP contribution in [0.15, 0.2) is 23.1 Å². The van der Waals surface area contributed by atoms with E-state index >= 15 is 0 Å². The van der Waals surface area contributed by atoms with Crippen molar-refractivity contribution in [3.8, 4) is 0 Å². The summed E-state index contributed by atoms with van der Waals surface area (Å²) < 4.78 is 27.4. The molecule has 0 spiro atoms. The largest absolute Gasteiger partial charge is 0.358 e. The number of hydrogen-bond acceptors (Lipinski definition) is 3. The zero-order valence-electron chi connectivity index (χ0n) is 16.7. The first-order valence-electron chi connectivity index (χ1n) is 10.2. The number of benzene rings is 1. The number of likely N-dealkylation sites (tertiary alicyclic amines) is 1. The van der Waals surface area contributed by atoms with E-state index in [1.54, 1.807) is 17.0 Å². The Bertz CT molecular complexity index is 988. The second-order valence-electron chi connectivity index (χ2n) is 8.32. The number of nitrogens with zero attached hydrogens (tertiary/aromatic N) is 2. The predicted molar refractivity (Wildman–Crippen MR) is 110 cm³/mol.